The molecule has 146 valence electrons. The minimum Gasteiger partial charge on any atom is -0.369 e. The van der Waals surface area contributed by atoms with E-state index in [0.29, 0.717) is 11.3 Å². The number of fused-ring (bicyclic) bond motifs is 1. The molecule has 0 saturated heterocycles. The van der Waals surface area contributed by atoms with E-state index in [1.807, 2.05) is 0 Å². The molecular weight excluding hydrogens is 374 g/mol. The Morgan fingerprint density at radius 2 is 2.07 bits per heavy atom. The van der Waals surface area contributed by atoms with Gasteiger partial charge in [-0.3, -0.25) is 9.78 Å². The van der Waals surface area contributed by atoms with Gasteiger partial charge in [0.25, 0.3) is 0 Å². The molecule has 28 heavy (non-hydrogen) atoms. The first-order valence-corrected chi connectivity index (χ1v) is 8.37. The molecule has 0 fully saturated rings. The van der Waals surface area contributed by atoms with Crippen molar-refractivity contribution in [3.63, 3.8) is 0 Å². The molecule has 3 N–H and O–H groups in total. The third kappa shape index (κ3) is 3.62. The summed E-state index contributed by atoms with van der Waals surface area (Å²) in [6, 6.07) is 4.45. The number of hydrogen-bond donors (Lipinski definition) is 2. The van der Waals surface area contributed by atoms with E-state index in [4.69, 9.17) is 5.73 Å². The van der Waals surface area contributed by atoms with Crippen molar-refractivity contribution in [1.82, 2.24) is 9.97 Å². The van der Waals surface area contributed by atoms with Crippen LogP contribution in [0.4, 0.5) is 17.6 Å². The molecule has 2 heterocycles. The summed E-state index contributed by atoms with van der Waals surface area (Å²) in [5, 5.41) is 0.108. The Kier molecular flexibility index (Phi) is 4.97. The average molecular weight is 391 g/mol. The monoisotopic (exact) mass is 391 g/mol. The third-order valence-corrected chi connectivity index (χ3v) is 4.55. The fourth-order valence-corrected chi connectivity index (χ4v) is 3.29. The SMILES string of the molecule is C=Cc1ccc(Cc2c(F)cc(CC(N)=O)c3[nH]c(C(F)(F)F)c(C)c23)cn1. The van der Waals surface area contributed by atoms with Crippen LogP contribution >= 0.6 is 0 Å². The summed E-state index contributed by atoms with van der Waals surface area (Å²) in [5.41, 5.74) is 5.58. The number of nitrogens with two attached hydrogens (primary N) is 1. The number of benzene rings is 1. The van der Waals surface area contributed by atoms with Crippen molar-refractivity contribution in [2.45, 2.75) is 25.9 Å². The van der Waals surface area contributed by atoms with Crippen LogP contribution in [0.15, 0.2) is 31.0 Å². The first-order valence-electron chi connectivity index (χ1n) is 8.37. The van der Waals surface area contributed by atoms with E-state index in [0.717, 1.165) is 6.07 Å². The fraction of sp³-hybridized carbons (Fsp3) is 0.200. The van der Waals surface area contributed by atoms with Crippen molar-refractivity contribution in [1.29, 1.82) is 0 Å². The van der Waals surface area contributed by atoms with Gasteiger partial charge in [0.2, 0.25) is 5.91 Å². The molecule has 8 heteroatoms. The zero-order chi connectivity index (χ0) is 20.6. The lowest BCUT2D eigenvalue weighted by Crippen LogP contribution is -2.14. The van der Waals surface area contributed by atoms with Crippen LogP contribution in [-0.2, 0) is 23.8 Å². The number of carbonyl (C=O) groups is 1. The number of carbonyl (C=O) groups excluding carboxylic acids is 1. The quantitative estimate of drug-likeness (QED) is 0.637. The highest BCUT2D eigenvalue weighted by molar-refractivity contribution is 5.93. The number of H-pyrrole nitrogens is 1. The number of pyridine rings is 1. The van der Waals surface area contributed by atoms with Gasteiger partial charge in [-0.05, 0) is 41.8 Å². The van der Waals surface area contributed by atoms with Gasteiger partial charge >= 0.3 is 6.18 Å². The summed E-state index contributed by atoms with van der Waals surface area (Å²) < 4.78 is 55.0. The van der Waals surface area contributed by atoms with Crippen LogP contribution in [0.25, 0.3) is 17.0 Å². The predicted octanol–water partition coefficient (Wildman–Crippen LogP) is 4.29. The first kappa shape index (κ1) is 19.6. The molecular formula is C20H17F4N3O. The molecule has 0 unspecified atom stereocenters. The topological polar surface area (TPSA) is 71.8 Å². The van der Waals surface area contributed by atoms with Gasteiger partial charge in [0.05, 0.1) is 17.6 Å². The van der Waals surface area contributed by atoms with Crippen LogP contribution in [0, 0.1) is 12.7 Å². The maximum absolute atomic E-state index is 14.9. The summed E-state index contributed by atoms with van der Waals surface area (Å²) in [5.74, 6) is -1.47. The molecule has 3 aromatic rings. The van der Waals surface area contributed by atoms with Gasteiger partial charge in [0.1, 0.15) is 11.5 Å². The number of nitrogens with one attached hydrogen (secondary N) is 1. The van der Waals surface area contributed by atoms with E-state index in [-0.39, 0.29) is 40.4 Å². The summed E-state index contributed by atoms with van der Waals surface area (Å²) in [6.45, 7) is 4.87. The first-order chi connectivity index (χ1) is 13.1. The van der Waals surface area contributed by atoms with Crippen LogP contribution in [0.1, 0.15) is 33.6 Å². The highest BCUT2D eigenvalue weighted by Gasteiger charge is 2.36. The van der Waals surface area contributed by atoms with Crippen molar-refractivity contribution in [3.05, 3.63) is 70.4 Å². The van der Waals surface area contributed by atoms with E-state index in [2.05, 4.69) is 16.5 Å². The van der Waals surface area contributed by atoms with E-state index in [9.17, 15) is 22.4 Å². The molecule has 3 rings (SSSR count). The van der Waals surface area contributed by atoms with E-state index < -0.39 is 23.6 Å². The Balaban J connectivity index is 2.23. The predicted molar refractivity (Wildman–Crippen MR) is 98.0 cm³/mol. The number of aromatic nitrogens is 2. The van der Waals surface area contributed by atoms with Gasteiger partial charge in [-0.15, -0.1) is 0 Å². The van der Waals surface area contributed by atoms with Gasteiger partial charge in [-0.1, -0.05) is 12.6 Å². The molecule has 0 saturated carbocycles. The number of aryl methyl sites for hydroxylation is 1. The van der Waals surface area contributed by atoms with Crippen LogP contribution in [0.2, 0.25) is 0 Å². The van der Waals surface area contributed by atoms with Crippen molar-refractivity contribution in [3.8, 4) is 0 Å². The second-order valence-electron chi connectivity index (χ2n) is 6.48. The van der Waals surface area contributed by atoms with Crippen LogP contribution in [-0.4, -0.2) is 15.9 Å². The summed E-state index contributed by atoms with van der Waals surface area (Å²) >= 11 is 0. The molecule has 0 atom stereocenters. The number of aromatic amines is 1. The highest BCUT2D eigenvalue weighted by Crippen LogP contribution is 2.38. The standard InChI is InChI=1S/C20H17F4N3O/c1-3-13-5-4-11(9-26-13)6-14-15(21)7-12(8-16(25)28)18-17(14)10(2)19(27-18)20(22,23)24/h3-5,7,9,27H,1,6,8H2,2H3,(H2,25,28). The van der Waals surface area contributed by atoms with E-state index in [1.54, 1.807) is 18.2 Å². The minimum atomic E-state index is -4.64. The van der Waals surface area contributed by atoms with E-state index >= 15 is 0 Å². The Hall–Kier alpha value is -3.16. The number of amides is 1. The number of halogens is 4. The molecule has 2 aromatic heterocycles. The van der Waals surface area contributed by atoms with Gasteiger partial charge in [0.15, 0.2) is 0 Å². The normalized spacial score (nSPS) is 11.8. The molecule has 1 aromatic carbocycles. The zero-order valence-corrected chi connectivity index (χ0v) is 15.0. The maximum Gasteiger partial charge on any atom is 0.431 e. The van der Waals surface area contributed by atoms with Crippen molar-refractivity contribution in [2.75, 3.05) is 0 Å². The van der Waals surface area contributed by atoms with Gasteiger partial charge < -0.3 is 10.7 Å². The summed E-state index contributed by atoms with van der Waals surface area (Å²) in [4.78, 5) is 17.8. The summed E-state index contributed by atoms with van der Waals surface area (Å²) in [7, 11) is 0. The maximum atomic E-state index is 14.9. The second kappa shape index (κ2) is 7.10. The van der Waals surface area contributed by atoms with Crippen LogP contribution in [0.3, 0.4) is 0 Å². The second-order valence-corrected chi connectivity index (χ2v) is 6.48. The molecule has 0 radical (unpaired) electrons. The third-order valence-electron chi connectivity index (χ3n) is 4.55. The Morgan fingerprint density at radius 3 is 2.61 bits per heavy atom. The van der Waals surface area contributed by atoms with Gasteiger partial charge in [0, 0.05) is 23.6 Å². The minimum absolute atomic E-state index is 0.0413. The Bertz CT molecular complexity index is 1070. The lowest BCUT2D eigenvalue weighted by Gasteiger charge is -2.10. The Morgan fingerprint density at radius 1 is 1.36 bits per heavy atom. The molecule has 4 nitrogen and oxygen atoms in total. The van der Waals surface area contributed by atoms with Crippen LogP contribution < -0.4 is 5.73 Å². The number of hydrogen-bond acceptors (Lipinski definition) is 2. The lowest BCUT2D eigenvalue weighted by molar-refractivity contribution is -0.141. The van der Waals surface area contributed by atoms with Crippen molar-refractivity contribution < 1.29 is 22.4 Å². The molecule has 0 aliphatic heterocycles. The molecule has 0 aliphatic rings. The Labute approximate surface area is 158 Å². The average Bonchev–Trinajstić information content (AvgIpc) is 2.96. The molecule has 0 bridgehead atoms. The fourth-order valence-electron chi connectivity index (χ4n) is 3.29. The number of rotatable bonds is 5. The number of alkyl halides is 3. The van der Waals surface area contributed by atoms with E-state index in [1.165, 1.54) is 13.1 Å². The molecule has 0 aliphatic carbocycles. The summed E-state index contributed by atoms with van der Waals surface area (Å²) in [6.07, 6.45) is -1.91. The van der Waals surface area contributed by atoms with Crippen LogP contribution in [0.5, 0.6) is 0 Å². The molecule has 0 spiro atoms. The lowest BCUT2D eigenvalue weighted by atomic mass is 9.95. The molecule has 1 amide bonds. The smallest absolute Gasteiger partial charge is 0.369 e. The van der Waals surface area contributed by atoms with Gasteiger partial charge in [-0.2, -0.15) is 13.2 Å². The van der Waals surface area contributed by atoms with Crippen molar-refractivity contribution >= 4 is 22.9 Å². The highest BCUT2D eigenvalue weighted by atomic mass is 19.4. The van der Waals surface area contributed by atoms with Gasteiger partial charge in [-0.25, -0.2) is 4.39 Å². The number of primary amides is 1. The largest absolute Gasteiger partial charge is 0.431 e. The number of nitrogens with zero attached hydrogens (tertiary/aromatic N) is 1. The zero-order valence-electron chi connectivity index (χ0n) is 15.0. The van der Waals surface area contributed by atoms with Crippen molar-refractivity contribution in [2.24, 2.45) is 5.73 Å².